The number of piperidine rings is 1. The molecule has 60 valence electrons. The van der Waals surface area contributed by atoms with Crippen LogP contribution in [0.15, 0.2) is 0 Å². The number of halogens is 3. The SMILES string of the molecule is FC(F)(F)C1CCC[N-]C1.[K+]. The molecule has 0 bridgehead atoms. The van der Waals surface area contributed by atoms with Crippen LogP contribution < -0.4 is 51.4 Å². The van der Waals surface area contributed by atoms with Crippen LogP contribution in [0.1, 0.15) is 12.8 Å². The molecule has 0 aromatic heterocycles. The Morgan fingerprint density at radius 3 is 2.18 bits per heavy atom. The normalized spacial score (nSPS) is 25.9. The summed E-state index contributed by atoms with van der Waals surface area (Å²) < 4.78 is 35.6. The molecule has 1 saturated heterocycles. The standard InChI is InChI=1S/C6H9F3N.K/c7-6(8,9)5-2-1-3-10-4-5;/h5H,1-4H2;/q-1;+1. The van der Waals surface area contributed by atoms with Crippen LogP contribution >= 0.6 is 0 Å². The topological polar surface area (TPSA) is 14.1 Å². The molecule has 1 heterocycles. The van der Waals surface area contributed by atoms with Crippen LogP contribution in [-0.4, -0.2) is 19.3 Å². The smallest absolute Gasteiger partial charge is 0.662 e. The second-order valence-corrected chi connectivity index (χ2v) is 2.51. The Morgan fingerprint density at radius 1 is 1.27 bits per heavy atom. The first-order chi connectivity index (χ1) is 4.61. The van der Waals surface area contributed by atoms with E-state index in [1.54, 1.807) is 0 Å². The molecule has 1 fully saturated rings. The van der Waals surface area contributed by atoms with Gasteiger partial charge in [-0.3, -0.25) is 0 Å². The molecule has 1 nitrogen and oxygen atoms in total. The van der Waals surface area contributed by atoms with Crippen molar-refractivity contribution in [3.05, 3.63) is 5.32 Å². The van der Waals surface area contributed by atoms with Gasteiger partial charge in [-0.1, -0.05) is 6.42 Å². The predicted molar refractivity (Wildman–Crippen MR) is 31.9 cm³/mol. The maximum Gasteiger partial charge on any atom is 1.00 e. The Balaban J connectivity index is 0.000001000. The summed E-state index contributed by atoms with van der Waals surface area (Å²) >= 11 is 0. The molecular weight excluding hydrogens is 182 g/mol. The van der Waals surface area contributed by atoms with Crippen molar-refractivity contribution in [1.29, 1.82) is 0 Å². The predicted octanol–water partition coefficient (Wildman–Crippen LogP) is -0.664. The average Bonchev–Trinajstić information content (AvgIpc) is 1.88. The summed E-state index contributed by atoms with van der Waals surface area (Å²) in [6, 6.07) is 0. The summed E-state index contributed by atoms with van der Waals surface area (Å²) in [6.45, 7) is 0.579. The fourth-order valence-corrected chi connectivity index (χ4v) is 1.06. The van der Waals surface area contributed by atoms with Gasteiger partial charge in [0.05, 0.1) is 0 Å². The van der Waals surface area contributed by atoms with Crippen LogP contribution in [0.25, 0.3) is 5.32 Å². The third kappa shape index (κ3) is 4.24. The van der Waals surface area contributed by atoms with Crippen molar-refractivity contribution in [2.75, 3.05) is 13.1 Å². The van der Waals surface area contributed by atoms with E-state index in [-0.39, 0.29) is 64.4 Å². The van der Waals surface area contributed by atoms with Gasteiger partial charge < -0.3 is 5.32 Å². The van der Waals surface area contributed by atoms with Gasteiger partial charge in [-0.05, 0) is 6.42 Å². The van der Waals surface area contributed by atoms with Crippen molar-refractivity contribution >= 4 is 0 Å². The molecule has 5 heteroatoms. The van der Waals surface area contributed by atoms with E-state index in [4.69, 9.17) is 0 Å². The molecule has 0 aromatic rings. The van der Waals surface area contributed by atoms with E-state index in [9.17, 15) is 13.2 Å². The van der Waals surface area contributed by atoms with Crippen LogP contribution in [0, 0.1) is 5.92 Å². The van der Waals surface area contributed by atoms with Gasteiger partial charge >= 0.3 is 57.6 Å². The average molecular weight is 191 g/mol. The quantitative estimate of drug-likeness (QED) is 0.451. The molecule has 0 saturated carbocycles. The van der Waals surface area contributed by atoms with Gasteiger partial charge in [-0.15, -0.1) is 13.1 Å². The molecule has 1 unspecified atom stereocenters. The van der Waals surface area contributed by atoms with E-state index >= 15 is 0 Å². The van der Waals surface area contributed by atoms with Crippen LogP contribution in [0.4, 0.5) is 13.2 Å². The van der Waals surface area contributed by atoms with Crippen LogP contribution in [0.2, 0.25) is 0 Å². The summed E-state index contributed by atoms with van der Waals surface area (Å²) in [4.78, 5) is 0. The number of hydrogen-bond donors (Lipinski definition) is 0. The number of rotatable bonds is 0. The molecule has 0 aromatic carbocycles. The summed E-state index contributed by atoms with van der Waals surface area (Å²) in [5, 5.41) is 3.70. The zero-order valence-electron chi connectivity index (χ0n) is 6.49. The van der Waals surface area contributed by atoms with E-state index in [0.29, 0.717) is 13.0 Å². The summed E-state index contributed by atoms with van der Waals surface area (Å²) in [5.74, 6) is -1.17. The molecule has 0 amide bonds. The minimum atomic E-state index is -4.02. The summed E-state index contributed by atoms with van der Waals surface area (Å²) in [7, 11) is 0. The van der Waals surface area contributed by atoms with Crippen LogP contribution in [0.3, 0.4) is 0 Å². The number of hydrogen-bond acceptors (Lipinski definition) is 0. The van der Waals surface area contributed by atoms with Crippen LogP contribution in [0.5, 0.6) is 0 Å². The second kappa shape index (κ2) is 5.19. The van der Waals surface area contributed by atoms with E-state index in [1.807, 2.05) is 0 Å². The van der Waals surface area contributed by atoms with Gasteiger partial charge in [0.2, 0.25) is 0 Å². The van der Waals surface area contributed by atoms with Gasteiger partial charge in [0.25, 0.3) is 0 Å². The summed E-state index contributed by atoms with van der Waals surface area (Å²) in [6.07, 6.45) is -3.18. The fraction of sp³-hybridized carbons (Fsp3) is 1.00. The molecule has 0 aliphatic carbocycles. The van der Waals surface area contributed by atoms with Gasteiger partial charge in [-0.25, -0.2) is 0 Å². The number of nitrogens with zero attached hydrogens (tertiary/aromatic N) is 1. The van der Waals surface area contributed by atoms with Crippen molar-refractivity contribution in [2.24, 2.45) is 5.92 Å². The maximum atomic E-state index is 11.9. The first-order valence-corrected chi connectivity index (χ1v) is 3.30. The first kappa shape index (κ1) is 12.4. The van der Waals surface area contributed by atoms with Crippen molar-refractivity contribution in [2.45, 2.75) is 19.0 Å². The molecule has 1 rings (SSSR count). The van der Waals surface area contributed by atoms with E-state index < -0.39 is 12.1 Å². The molecule has 1 atom stereocenters. The van der Waals surface area contributed by atoms with Gasteiger partial charge in [-0.2, -0.15) is 13.2 Å². The van der Waals surface area contributed by atoms with E-state index in [0.717, 1.165) is 0 Å². The second-order valence-electron chi connectivity index (χ2n) is 2.51. The van der Waals surface area contributed by atoms with Crippen molar-refractivity contribution in [3.8, 4) is 0 Å². The Labute approximate surface area is 107 Å². The zero-order chi connectivity index (χ0) is 7.61. The molecule has 11 heavy (non-hydrogen) atoms. The molecular formula is C6H9F3KN. The van der Waals surface area contributed by atoms with E-state index in [2.05, 4.69) is 5.32 Å². The minimum absolute atomic E-state index is 0. The molecule has 0 radical (unpaired) electrons. The minimum Gasteiger partial charge on any atom is -0.662 e. The van der Waals surface area contributed by atoms with Gasteiger partial charge in [0.1, 0.15) is 0 Å². The third-order valence-corrected chi connectivity index (χ3v) is 1.68. The van der Waals surface area contributed by atoms with Gasteiger partial charge in [0.15, 0.2) is 0 Å². The van der Waals surface area contributed by atoms with Crippen molar-refractivity contribution in [3.63, 3.8) is 0 Å². The van der Waals surface area contributed by atoms with Crippen LogP contribution in [-0.2, 0) is 0 Å². The van der Waals surface area contributed by atoms with Crippen molar-refractivity contribution < 1.29 is 64.6 Å². The Bertz CT molecular complexity index is 109. The Hall–Kier alpha value is 1.39. The fourth-order valence-electron chi connectivity index (χ4n) is 1.06. The maximum absolute atomic E-state index is 11.9. The third-order valence-electron chi connectivity index (χ3n) is 1.68. The molecule has 1 aliphatic rings. The first-order valence-electron chi connectivity index (χ1n) is 3.30. The largest absolute Gasteiger partial charge is 1.00 e. The molecule has 1 aliphatic heterocycles. The number of alkyl halides is 3. The van der Waals surface area contributed by atoms with E-state index in [1.165, 1.54) is 0 Å². The summed E-state index contributed by atoms with van der Waals surface area (Å²) in [5.41, 5.74) is 0. The van der Waals surface area contributed by atoms with Gasteiger partial charge in [0, 0.05) is 5.92 Å². The molecule has 0 spiro atoms. The Kier molecular flexibility index (Phi) is 5.84. The molecule has 0 N–H and O–H groups in total. The van der Waals surface area contributed by atoms with Crippen molar-refractivity contribution in [1.82, 2.24) is 0 Å². The monoisotopic (exact) mass is 191 g/mol. The zero-order valence-corrected chi connectivity index (χ0v) is 9.61. The Morgan fingerprint density at radius 2 is 1.91 bits per heavy atom.